The molecule has 7 heteroatoms. The van der Waals surface area contributed by atoms with E-state index >= 15 is 0 Å². The Labute approximate surface area is 161 Å². The van der Waals surface area contributed by atoms with Crippen LogP contribution in [0.4, 0.5) is 4.39 Å². The van der Waals surface area contributed by atoms with Crippen molar-refractivity contribution in [3.63, 3.8) is 0 Å². The van der Waals surface area contributed by atoms with Gasteiger partial charge in [-0.05, 0) is 41.5 Å². The van der Waals surface area contributed by atoms with E-state index in [1.807, 2.05) is 0 Å². The molecule has 0 saturated carbocycles. The average Bonchev–Trinajstić information content (AvgIpc) is 3.08. The van der Waals surface area contributed by atoms with Gasteiger partial charge in [-0.25, -0.2) is 4.39 Å². The summed E-state index contributed by atoms with van der Waals surface area (Å²) in [7, 11) is 0. The van der Waals surface area contributed by atoms with E-state index in [0.717, 1.165) is 11.6 Å². The van der Waals surface area contributed by atoms with E-state index in [0.29, 0.717) is 28.3 Å². The van der Waals surface area contributed by atoms with Crippen molar-refractivity contribution in [3.8, 4) is 5.75 Å². The number of benzene rings is 2. The van der Waals surface area contributed by atoms with Crippen molar-refractivity contribution in [3.05, 3.63) is 76.6 Å². The minimum absolute atomic E-state index is 0.0426. The van der Waals surface area contributed by atoms with Gasteiger partial charge in [0.1, 0.15) is 11.6 Å². The molecular formula is C20H18ClFN2O3. The molecule has 2 N–H and O–H groups in total. The van der Waals surface area contributed by atoms with Crippen molar-refractivity contribution < 1.29 is 18.7 Å². The van der Waals surface area contributed by atoms with Crippen LogP contribution in [0.3, 0.4) is 0 Å². The molecule has 0 fully saturated rings. The summed E-state index contributed by atoms with van der Waals surface area (Å²) in [5, 5.41) is 5.85. The van der Waals surface area contributed by atoms with Gasteiger partial charge in [0, 0.05) is 30.1 Å². The Morgan fingerprint density at radius 2 is 2.04 bits per heavy atom. The Hall–Kier alpha value is -2.86. The normalized spacial score (nSPS) is 14.8. The van der Waals surface area contributed by atoms with E-state index in [1.165, 1.54) is 6.07 Å². The number of hydrogen-bond donors (Lipinski definition) is 2. The molecule has 2 amide bonds. The topological polar surface area (TPSA) is 67.4 Å². The average molecular weight is 389 g/mol. The van der Waals surface area contributed by atoms with E-state index in [2.05, 4.69) is 17.2 Å². The number of nitrogens with one attached hydrogen (secondary N) is 2. The van der Waals surface area contributed by atoms with Gasteiger partial charge in [0.25, 0.3) is 5.91 Å². The van der Waals surface area contributed by atoms with Crippen LogP contribution in [0.1, 0.15) is 16.7 Å². The van der Waals surface area contributed by atoms with Gasteiger partial charge in [-0.1, -0.05) is 30.3 Å². The highest BCUT2D eigenvalue weighted by Gasteiger charge is 2.29. The van der Waals surface area contributed by atoms with Crippen LogP contribution in [-0.2, 0) is 29.1 Å². The van der Waals surface area contributed by atoms with Crippen LogP contribution >= 0.6 is 11.6 Å². The van der Waals surface area contributed by atoms with Gasteiger partial charge < -0.3 is 15.4 Å². The standard InChI is InChI=1S/C20H18ClFN2O3/c1-2-19(25)23-10-12-3-4-13(16(22)7-12)11-24-20(26)18-9-14-8-15(21)5-6-17(14)27-18/h2-8,18H,1,9-11H2,(H,23,25)(H,24,26). The van der Waals surface area contributed by atoms with Crippen molar-refractivity contribution in [2.45, 2.75) is 25.6 Å². The molecule has 1 atom stereocenters. The first-order valence-corrected chi connectivity index (χ1v) is 8.74. The SMILES string of the molecule is C=CC(=O)NCc1ccc(CNC(=O)C2Cc3cc(Cl)ccc3O2)c(F)c1. The Kier molecular flexibility index (Phi) is 5.76. The van der Waals surface area contributed by atoms with Gasteiger partial charge in [-0.2, -0.15) is 0 Å². The molecule has 0 spiro atoms. The quantitative estimate of drug-likeness (QED) is 0.748. The highest BCUT2D eigenvalue weighted by Crippen LogP contribution is 2.31. The van der Waals surface area contributed by atoms with E-state index in [4.69, 9.17) is 16.3 Å². The predicted molar refractivity (Wildman–Crippen MR) is 99.9 cm³/mol. The second-order valence-electron chi connectivity index (χ2n) is 6.13. The lowest BCUT2D eigenvalue weighted by atomic mass is 10.1. The molecule has 1 aliphatic heterocycles. The molecule has 2 aromatic rings. The molecule has 0 saturated heterocycles. The summed E-state index contributed by atoms with van der Waals surface area (Å²) in [5.41, 5.74) is 1.84. The maximum Gasteiger partial charge on any atom is 0.261 e. The molecule has 140 valence electrons. The Morgan fingerprint density at radius 1 is 1.22 bits per heavy atom. The Balaban J connectivity index is 1.55. The van der Waals surface area contributed by atoms with Crippen LogP contribution in [0.25, 0.3) is 0 Å². The van der Waals surface area contributed by atoms with Crippen LogP contribution < -0.4 is 15.4 Å². The Morgan fingerprint density at radius 3 is 2.78 bits per heavy atom. The van der Waals surface area contributed by atoms with Gasteiger partial charge in [-0.3, -0.25) is 9.59 Å². The molecule has 0 aromatic heterocycles. The smallest absolute Gasteiger partial charge is 0.261 e. The minimum atomic E-state index is -0.657. The predicted octanol–water partition coefficient (Wildman–Crippen LogP) is 2.90. The van der Waals surface area contributed by atoms with E-state index in [9.17, 15) is 14.0 Å². The zero-order valence-corrected chi connectivity index (χ0v) is 15.2. The third kappa shape index (κ3) is 4.65. The molecule has 1 heterocycles. The monoisotopic (exact) mass is 388 g/mol. The molecule has 5 nitrogen and oxygen atoms in total. The van der Waals surface area contributed by atoms with Crippen LogP contribution in [0.5, 0.6) is 5.75 Å². The van der Waals surface area contributed by atoms with E-state index in [-0.39, 0.29) is 24.9 Å². The fourth-order valence-electron chi connectivity index (χ4n) is 2.77. The first-order chi connectivity index (χ1) is 13.0. The van der Waals surface area contributed by atoms with Crippen molar-refractivity contribution in [2.75, 3.05) is 0 Å². The summed E-state index contributed by atoms with van der Waals surface area (Å²) in [6, 6.07) is 9.80. The molecule has 3 rings (SSSR count). The van der Waals surface area contributed by atoms with Crippen LogP contribution in [0, 0.1) is 5.82 Å². The summed E-state index contributed by atoms with van der Waals surface area (Å²) in [6.45, 7) is 3.59. The zero-order chi connectivity index (χ0) is 19.4. The van der Waals surface area contributed by atoms with Crippen LogP contribution in [0.15, 0.2) is 49.1 Å². The maximum absolute atomic E-state index is 14.2. The lowest BCUT2D eigenvalue weighted by Gasteiger charge is -2.12. The van der Waals surface area contributed by atoms with E-state index in [1.54, 1.807) is 30.3 Å². The number of fused-ring (bicyclic) bond motifs is 1. The number of carbonyl (C=O) groups is 2. The molecule has 0 radical (unpaired) electrons. The van der Waals surface area contributed by atoms with Crippen molar-refractivity contribution in [1.82, 2.24) is 10.6 Å². The van der Waals surface area contributed by atoms with Crippen LogP contribution in [-0.4, -0.2) is 17.9 Å². The summed E-state index contributed by atoms with van der Waals surface area (Å²) in [6.07, 6.45) is 0.916. The first-order valence-electron chi connectivity index (χ1n) is 8.36. The molecule has 27 heavy (non-hydrogen) atoms. The number of ether oxygens (including phenoxy) is 1. The molecule has 0 aliphatic carbocycles. The lowest BCUT2D eigenvalue weighted by Crippen LogP contribution is -2.37. The van der Waals surface area contributed by atoms with Crippen LogP contribution in [0.2, 0.25) is 5.02 Å². The third-order valence-electron chi connectivity index (χ3n) is 4.21. The lowest BCUT2D eigenvalue weighted by molar-refractivity contribution is -0.127. The number of amides is 2. The van der Waals surface area contributed by atoms with Crippen molar-refractivity contribution in [1.29, 1.82) is 0 Å². The van der Waals surface area contributed by atoms with Gasteiger partial charge in [0.15, 0.2) is 6.10 Å². The summed E-state index contributed by atoms with van der Waals surface area (Å²) in [4.78, 5) is 23.5. The van der Waals surface area contributed by atoms with Crippen molar-refractivity contribution in [2.24, 2.45) is 0 Å². The van der Waals surface area contributed by atoms with Gasteiger partial charge in [0.05, 0.1) is 0 Å². The molecule has 1 aliphatic rings. The molecular weight excluding hydrogens is 371 g/mol. The highest BCUT2D eigenvalue weighted by atomic mass is 35.5. The Bertz CT molecular complexity index is 901. The summed E-state index contributed by atoms with van der Waals surface area (Å²) >= 11 is 5.94. The number of hydrogen-bond acceptors (Lipinski definition) is 3. The maximum atomic E-state index is 14.2. The molecule has 1 unspecified atom stereocenters. The minimum Gasteiger partial charge on any atom is -0.480 e. The number of rotatable bonds is 6. The highest BCUT2D eigenvalue weighted by molar-refractivity contribution is 6.30. The summed E-state index contributed by atoms with van der Waals surface area (Å²) in [5.74, 6) is -0.464. The van der Waals surface area contributed by atoms with Gasteiger partial charge in [-0.15, -0.1) is 0 Å². The fraction of sp³-hybridized carbons (Fsp3) is 0.200. The molecule has 2 aromatic carbocycles. The fourth-order valence-corrected chi connectivity index (χ4v) is 2.96. The number of carbonyl (C=O) groups excluding carboxylic acids is 2. The van der Waals surface area contributed by atoms with Gasteiger partial charge in [0.2, 0.25) is 5.91 Å². The number of halogens is 2. The summed E-state index contributed by atoms with van der Waals surface area (Å²) < 4.78 is 19.8. The van der Waals surface area contributed by atoms with Gasteiger partial charge >= 0.3 is 0 Å². The largest absolute Gasteiger partial charge is 0.480 e. The molecule has 0 bridgehead atoms. The zero-order valence-electron chi connectivity index (χ0n) is 14.4. The third-order valence-corrected chi connectivity index (χ3v) is 4.45. The van der Waals surface area contributed by atoms with Crippen molar-refractivity contribution >= 4 is 23.4 Å². The van der Waals surface area contributed by atoms with E-state index < -0.39 is 11.9 Å². The second-order valence-corrected chi connectivity index (χ2v) is 6.56. The second kappa shape index (κ2) is 8.22. The first kappa shape index (κ1) is 18.9.